The van der Waals surface area contributed by atoms with E-state index in [0.29, 0.717) is 10.9 Å². The number of hydrogen-bond donors (Lipinski definition) is 1. The van der Waals surface area contributed by atoms with Crippen LogP contribution in [0.4, 0.5) is 0 Å². The largest absolute Gasteiger partial charge is 0.496 e. The summed E-state index contributed by atoms with van der Waals surface area (Å²) in [6.07, 6.45) is 5.67. The molecule has 2 heterocycles. The number of ether oxygens (including phenoxy) is 1. The molecule has 7 nitrogen and oxygen atoms in total. The van der Waals surface area contributed by atoms with Crippen LogP contribution in [0.2, 0.25) is 0 Å². The van der Waals surface area contributed by atoms with E-state index in [2.05, 4.69) is 26.5 Å². The molecule has 1 aliphatic rings. The van der Waals surface area contributed by atoms with E-state index in [1.807, 2.05) is 48.5 Å². The lowest BCUT2D eigenvalue weighted by Crippen LogP contribution is -2.24. The first-order chi connectivity index (χ1) is 17.5. The van der Waals surface area contributed by atoms with Gasteiger partial charge in [0.05, 0.1) is 30.2 Å². The molecular formula is C26H23BrN4O3S2. The summed E-state index contributed by atoms with van der Waals surface area (Å²) in [5.41, 5.74) is 5.08. The molecule has 4 aromatic rings. The number of aryl methyl sites for hydroxylation is 2. The fraction of sp³-hybridized carbons (Fsp3) is 0.231. The van der Waals surface area contributed by atoms with Gasteiger partial charge in [-0.2, -0.15) is 5.10 Å². The van der Waals surface area contributed by atoms with E-state index >= 15 is 0 Å². The number of benzene rings is 2. The van der Waals surface area contributed by atoms with Gasteiger partial charge in [-0.05, 0) is 61.6 Å². The lowest BCUT2D eigenvalue weighted by Gasteiger charge is -2.13. The molecule has 36 heavy (non-hydrogen) atoms. The van der Waals surface area contributed by atoms with E-state index in [-0.39, 0.29) is 17.2 Å². The molecule has 1 amide bonds. The van der Waals surface area contributed by atoms with Gasteiger partial charge in [0, 0.05) is 14.9 Å². The number of nitrogens with one attached hydrogen (secondary N) is 1. The Morgan fingerprint density at radius 2 is 2.06 bits per heavy atom. The van der Waals surface area contributed by atoms with Crippen molar-refractivity contribution >= 4 is 61.4 Å². The maximum absolute atomic E-state index is 13.7. The van der Waals surface area contributed by atoms with Crippen LogP contribution in [0.5, 0.6) is 5.75 Å². The summed E-state index contributed by atoms with van der Waals surface area (Å²) < 4.78 is 7.83. The predicted molar refractivity (Wildman–Crippen MR) is 149 cm³/mol. The molecule has 0 saturated carbocycles. The Morgan fingerprint density at radius 3 is 2.86 bits per heavy atom. The van der Waals surface area contributed by atoms with Crippen LogP contribution >= 0.6 is 39.0 Å². The van der Waals surface area contributed by atoms with Gasteiger partial charge in [-0.1, -0.05) is 45.9 Å². The van der Waals surface area contributed by atoms with Crippen molar-refractivity contribution in [2.75, 3.05) is 12.9 Å². The maximum atomic E-state index is 13.7. The highest BCUT2D eigenvalue weighted by Gasteiger charge is 2.23. The van der Waals surface area contributed by atoms with Crippen LogP contribution in [0.15, 0.2) is 68.1 Å². The minimum atomic E-state index is -0.301. The molecular weight excluding hydrogens is 560 g/mol. The Bertz CT molecular complexity index is 1520. The maximum Gasteiger partial charge on any atom is 0.267 e. The van der Waals surface area contributed by atoms with E-state index in [9.17, 15) is 9.59 Å². The third kappa shape index (κ3) is 5.11. The zero-order valence-electron chi connectivity index (χ0n) is 19.5. The Morgan fingerprint density at radius 1 is 1.25 bits per heavy atom. The van der Waals surface area contributed by atoms with Crippen LogP contribution in [0.25, 0.3) is 15.9 Å². The monoisotopic (exact) mass is 582 g/mol. The van der Waals surface area contributed by atoms with Crippen molar-refractivity contribution in [1.82, 2.24) is 15.0 Å². The number of thiophene rings is 1. The number of nitrogens with zero attached hydrogens (tertiary/aromatic N) is 3. The number of halogens is 1. The number of amides is 1. The van der Waals surface area contributed by atoms with Gasteiger partial charge < -0.3 is 4.74 Å². The van der Waals surface area contributed by atoms with E-state index in [1.54, 1.807) is 23.0 Å². The fourth-order valence-corrected chi connectivity index (χ4v) is 6.72. The van der Waals surface area contributed by atoms with Gasteiger partial charge in [-0.3, -0.25) is 14.2 Å². The van der Waals surface area contributed by atoms with Crippen LogP contribution in [0, 0.1) is 0 Å². The first kappa shape index (κ1) is 24.7. The molecule has 0 unspecified atom stereocenters. The summed E-state index contributed by atoms with van der Waals surface area (Å²) in [7, 11) is 1.58. The second-order valence-corrected chi connectivity index (χ2v) is 11.2. The first-order valence-electron chi connectivity index (χ1n) is 11.5. The molecule has 2 aromatic heterocycles. The molecule has 0 atom stereocenters. The zero-order valence-corrected chi connectivity index (χ0v) is 22.7. The van der Waals surface area contributed by atoms with Crippen molar-refractivity contribution < 1.29 is 9.53 Å². The number of hydrogen-bond acceptors (Lipinski definition) is 7. The highest BCUT2D eigenvalue weighted by molar-refractivity contribution is 9.10. The predicted octanol–water partition coefficient (Wildman–Crippen LogP) is 5.34. The molecule has 2 aromatic carbocycles. The van der Waals surface area contributed by atoms with E-state index in [1.165, 1.54) is 22.9 Å². The lowest BCUT2D eigenvalue weighted by atomic mass is 9.97. The number of para-hydroxylation sites is 1. The number of aromatic nitrogens is 2. The third-order valence-electron chi connectivity index (χ3n) is 5.89. The van der Waals surface area contributed by atoms with Crippen molar-refractivity contribution in [2.45, 2.75) is 30.8 Å². The third-order valence-corrected chi connectivity index (χ3v) is 8.51. The number of methoxy groups -OCH3 is 1. The molecule has 184 valence electrons. The smallest absolute Gasteiger partial charge is 0.267 e. The van der Waals surface area contributed by atoms with Gasteiger partial charge in [0.25, 0.3) is 11.5 Å². The highest BCUT2D eigenvalue weighted by atomic mass is 79.9. The molecule has 0 spiro atoms. The summed E-state index contributed by atoms with van der Waals surface area (Å²) >= 11 is 6.25. The van der Waals surface area contributed by atoms with E-state index < -0.39 is 0 Å². The minimum Gasteiger partial charge on any atom is -0.496 e. The van der Waals surface area contributed by atoms with Crippen LogP contribution < -0.4 is 15.7 Å². The van der Waals surface area contributed by atoms with Gasteiger partial charge in [0.2, 0.25) is 0 Å². The highest BCUT2D eigenvalue weighted by Crippen LogP contribution is 2.35. The quantitative estimate of drug-likeness (QED) is 0.137. The van der Waals surface area contributed by atoms with Crippen LogP contribution in [0.3, 0.4) is 0 Å². The molecule has 0 radical (unpaired) electrons. The Balaban J connectivity index is 1.40. The lowest BCUT2D eigenvalue weighted by molar-refractivity contribution is -0.118. The molecule has 10 heteroatoms. The molecule has 0 saturated heterocycles. The Hall–Kier alpha value is -2.95. The summed E-state index contributed by atoms with van der Waals surface area (Å²) in [6, 6.07) is 15.0. The minimum absolute atomic E-state index is 0.0584. The molecule has 1 N–H and O–H groups in total. The number of hydrazone groups is 1. The number of fused-ring (bicyclic) bond motifs is 3. The topological polar surface area (TPSA) is 85.6 Å². The van der Waals surface area contributed by atoms with Gasteiger partial charge >= 0.3 is 0 Å². The van der Waals surface area contributed by atoms with Gasteiger partial charge in [-0.25, -0.2) is 10.4 Å². The molecule has 0 fully saturated rings. The molecule has 1 aliphatic carbocycles. The second kappa shape index (κ2) is 11.0. The fourth-order valence-electron chi connectivity index (χ4n) is 4.23. The number of thioether (sulfide) groups is 1. The molecule has 0 bridgehead atoms. The number of carbonyl (C=O) groups excluding carboxylic acids is 1. The van der Waals surface area contributed by atoms with Crippen LogP contribution in [-0.2, 0) is 17.6 Å². The van der Waals surface area contributed by atoms with Crippen molar-refractivity contribution in [2.24, 2.45) is 5.10 Å². The normalized spacial score (nSPS) is 13.2. The van der Waals surface area contributed by atoms with Crippen molar-refractivity contribution in [3.8, 4) is 11.4 Å². The summed E-state index contributed by atoms with van der Waals surface area (Å²) in [5, 5.41) is 5.28. The summed E-state index contributed by atoms with van der Waals surface area (Å²) in [6.45, 7) is 0. The van der Waals surface area contributed by atoms with E-state index in [0.717, 1.165) is 57.2 Å². The first-order valence-corrected chi connectivity index (χ1v) is 14.1. The SMILES string of the molecule is COc1ccc(Br)cc1/C=N\NC(=O)CSc1nc2sc3c(c2c(=O)n1-c1ccccc1)CCCC3. The Labute approximate surface area is 224 Å². The van der Waals surface area contributed by atoms with E-state index in [4.69, 9.17) is 9.72 Å². The second-order valence-electron chi connectivity index (χ2n) is 8.23. The van der Waals surface area contributed by atoms with Crippen molar-refractivity contribution in [3.63, 3.8) is 0 Å². The van der Waals surface area contributed by atoms with Gasteiger partial charge in [-0.15, -0.1) is 11.3 Å². The standard InChI is InChI=1S/C26H23BrN4O3S2/c1-34-20-12-11-17(27)13-16(20)14-28-30-22(32)15-35-26-29-24-23(19-9-5-6-10-21(19)36-24)25(33)31(26)18-7-3-2-4-8-18/h2-4,7-8,11-14H,5-6,9-10,15H2,1H3,(H,30,32)/b28-14-. The van der Waals surface area contributed by atoms with Gasteiger partial charge in [0.1, 0.15) is 10.6 Å². The van der Waals surface area contributed by atoms with Crippen molar-refractivity contribution in [3.05, 3.63) is 79.4 Å². The zero-order chi connectivity index (χ0) is 25.1. The van der Waals surface area contributed by atoms with Gasteiger partial charge in [0.15, 0.2) is 5.16 Å². The van der Waals surface area contributed by atoms with Crippen LogP contribution in [-0.4, -0.2) is 34.5 Å². The Kier molecular flexibility index (Phi) is 7.54. The van der Waals surface area contributed by atoms with Crippen molar-refractivity contribution in [1.29, 1.82) is 0 Å². The average Bonchev–Trinajstić information content (AvgIpc) is 3.27. The number of rotatable bonds is 7. The summed E-state index contributed by atoms with van der Waals surface area (Å²) in [4.78, 5) is 33.2. The molecule has 0 aliphatic heterocycles. The number of carbonyl (C=O) groups is 1. The molecule has 5 rings (SSSR count). The summed E-state index contributed by atoms with van der Waals surface area (Å²) in [5.74, 6) is 0.404. The average molecular weight is 584 g/mol. The van der Waals surface area contributed by atoms with Crippen LogP contribution in [0.1, 0.15) is 28.8 Å².